The molecule has 0 bridgehead atoms. The molecule has 3 rings (SSSR count). The van der Waals surface area contributed by atoms with Gasteiger partial charge in [-0.1, -0.05) is 24.2 Å². The lowest BCUT2D eigenvalue weighted by Crippen LogP contribution is -2.41. The number of para-hydroxylation sites is 1. The Hall–Kier alpha value is -1.26. The largest absolute Gasteiger partial charge is 0.487 e. The zero-order chi connectivity index (χ0) is 15.1. The maximum atomic E-state index is 6.10. The third kappa shape index (κ3) is 2.75. The number of hydrogen-bond donors (Lipinski definition) is 1. The first kappa shape index (κ1) is 14.7. The van der Waals surface area contributed by atoms with Crippen LogP contribution in [0.25, 0.3) is 5.57 Å². The molecule has 0 amide bonds. The molecule has 0 atom stereocenters. The molecule has 1 aromatic carbocycles. The van der Waals surface area contributed by atoms with Gasteiger partial charge in [0.05, 0.1) is 11.2 Å². The van der Waals surface area contributed by atoms with Gasteiger partial charge in [0.2, 0.25) is 0 Å². The molecule has 1 N–H and O–H groups in total. The Bertz CT molecular complexity index is 550. The second kappa shape index (κ2) is 5.18. The summed E-state index contributed by atoms with van der Waals surface area (Å²) in [6.45, 7) is 9.38. The number of fused-ring (bicyclic) bond motifs is 1. The SMILES string of the molecule is CC1(C)OB(/C=C2/CCCNc3ccccc32)OC1(C)C. The second-order valence-corrected chi connectivity index (χ2v) is 6.89. The van der Waals surface area contributed by atoms with Crippen LogP contribution in [0.5, 0.6) is 0 Å². The van der Waals surface area contributed by atoms with Crippen molar-refractivity contribution in [2.24, 2.45) is 0 Å². The van der Waals surface area contributed by atoms with Crippen molar-refractivity contribution in [3.8, 4) is 0 Å². The fourth-order valence-electron chi connectivity index (χ4n) is 2.85. The summed E-state index contributed by atoms with van der Waals surface area (Å²) in [5, 5.41) is 3.49. The highest BCUT2D eigenvalue weighted by atomic mass is 16.7. The van der Waals surface area contributed by atoms with E-state index in [0.29, 0.717) is 0 Å². The molecule has 0 radical (unpaired) electrons. The number of benzene rings is 1. The standard InChI is InChI=1S/C17H24BNO2/c1-16(2)17(3,4)21-18(20-16)12-13-8-7-11-19-15-10-6-5-9-14(13)15/h5-6,9-10,12,19H,7-8,11H2,1-4H3/b13-12-. The van der Waals surface area contributed by atoms with Gasteiger partial charge in [0.25, 0.3) is 0 Å². The summed E-state index contributed by atoms with van der Waals surface area (Å²) in [6.07, 6.45) is 2.17. The molecule has 2 heterocycles. The van der Waals surface area contributed by atoms with E-state index in [0.717, 1.165) is 19.4 Å². The fourth-order valence-corrected chi connectivity index (χ4v) is 2.85. The summed E-state index contributed by atoms with van der Waals surface area (Å²) in [7, 11) is -0.267. The van der Waals surface area contributed by atoms with Crippen molar-refractivity contribution >= 4 is 18.4 Å². The molecule has 1 fully saturated rings. The van der Waals surface area contributed by atoms with Gasteiger partial charge in [-0.3, -0.25) is 0 Å². The molecule has 0 unspecified atom stereocenters. The van der Waals surface area contributed by atoms with Crippen LogP contribution >= 0.6 is 0 Å². The Kier molecular flexibility index (Phi) is 3.62. The van der Waals surface area contributed by atoms with E-state index in [1.54, 1.807) is 0 Å². The van der Waals surface area contributed by atoms with Crippen molar-refractivity contribution in [1.29, 1.82) is 0 Å². The van der Waals surface area contributed by atoms with Crippen molar-refractivity contribution in [1.82, 2.24) is 0 Å². The average Bonchev–Trinajstić information content (AvgIpc) is 2.55. The van der Waals surface area contributed by atoms with Gasteiger partial charge in [-0.2, -0.15) is 0 Å². The van der Waals surface area contributed by atoms with Crippen LogP contribution in [0.4, 0.5) is 5.69 Å². The first-order valence-electron chi connectivity index (χ1n) is 7.79. The first-order valence-corrected chi connectivity index (χ1v) is 7.79. The second-order valence-electron chi connectivity index (χ2n) is 6.89. The maximum absolute atomic E-state index is 6.10. The minimum atomic E-state index is -0.281. The van der Waals surface area contributed by atoms with Gasteiger partial charge in [0, 0.05) is 12.2 Å². The predicted octanol–water partition coefficient (Wildman–Crippen LogP) is 3.91. The zero-order valence-electron chi connectivity index (χ0n) is 13.4. The van der Waals surface area contributed by atoms with Crippen LogP contribution in [0.15, 0.2) is 30.2 Å². The summed E-state index contributed by atoms with van der Waals surface area (Å²) in [6, 6.07) is 8.47. The third-order valence-electron chi connectivity index (χ3n) is 4.82. The molecule has 0 aliphatic carbocycles. The quantitative estimate of drug-likeness (QED) is 0.794. The molecule has 3 nitrogen and oxygen atoms in total. The van der Waals surface area contributed by atoms with Crippen molar-refractivity contribution in [2.75, 3.05) is 11.9 Å². The van der Waals surface area contributed by atoms with E-state index < -0.39 is 0 Å². The number of nitrogens with one attached hydrogen (secondary N) is 1. The van der Waals surface area contributed by atoms with E-state index >= 15 is 0 Å². The van der Waals surface area contributed by atoms with Crippen LogP contribution in [-0.2, 0) is 9.31 Å². The summed E-state index contributed by atoms with van der Waals surface area (Å²) < 4.78 is 12.2. The van der Waals surface area contributed by atoms with Crippen LogP contribution in [0.3, 0.4) is 0 Å². The Morgan fingerprint density at radius 1 is 1.10 bits per heavy atom. The highest BCUT2D eigenvalue weighted by Gasteiger charge is 2.50. The van der Waals surface area contributed by atoms with Crippen molar-refractivity contribution in [3.63, 3.8) is 0 Å². The Morgan fingerprint density at radius 3 is 2.48 bits per heavy atom. The number of hydrogen-bond acceptors (Lipinski definition) is 3. The van der Waals surface area contributed by atoms with E-state index in [1.807, 2.05) is 0 Å². The molecule has 4 heteroatoms. The van der Waals surface area contributed by atoms with Gasteiger partial charge in [0.15, 0.2) is 0 Å². The summed E-state index contributed by atoms with van der Waals surface area (Å²) in [4.78, 5) is 0. The predicted molar refractivity (Wildman–Crippen MR) is 88.2 cm³/mol. The van der Waals surface area contributed by atoms with Crippen LogP contribution in [0.2, 0.25) is 0 Å². The number of anilines is 1. The van der Waals surface area contributed by atoms with Gasteiger partial charge in [0.1, 0.15) is 0 Å². The van der Waals surface area contributed by atoms with Crippen LogP contribution < -0.4 is 5.32 Å². The monoisotopic (exact) mass is 285 g/mol. The topological polar surface area (TPSA) is 30.5 Å². The molecule has 0 aromatic heterocycles. The van der Waals surface area contributed by atoms with Crippen LogP contribution in [0.1, 0.15) is 46.1 Å². The number of rotatable bonds is 1. The van der Waals surface area contributed by atoms with Gasteiger partial charge in [-0.15, -0.1) is 0 Å². The molecule has 2 aliphatic rings. The molecular formula is C17H24BNO2. The molecular weight excluding hydrogens is 261 g/mol. The summed E-state index contributed by atoms with van der Waals surface area (Å²) in [5.41, 5.74) is 3.23. The first-order chi connectivity index (χ1) is 9.89. The molecule has 0 saturated carbocycles. The maximum Gasteiger partial charge on any atom is 0.487 e. The smallest absolute Gasteiger partial charge is 0.400 e. The minimum absolute atomic E-state index is 0.267. The highest BCUT2D eigenvalue weighted by molar-refractivity contribution is 6.53. The average molecular weight is 285 g/mol. The number of allylic oxidation sites excluding steroid dienone is 1. The van der Waals surface area contributed by atoms with Gasteiger partial charge in [-0.05, 0) is 57.7 Å². The zero-order valence-corrected chi connectivity index (χ0v) is 13.4. The highest BCUT2D eigenvalue weighted by Crippen LogP contribution is 2.38. The van der Waals surface area contributed by atoms with Crippen molar-refractivity contribution in [2.45, 2.75) is 51.7 Å². The molecule has 1 saturated heterocycles. The van der Waals surface area contributed by atoms with Gasteiger partial charge < -0.3 is 14.6 Å². The molecule has 2 aliphatic heterocycles. The van der Waals surface area contributed by atoms with Crippen LogP contribution in [0, 0.1) is 0 Å². The molecule has 112 valence electrons. The van der Waals surface area contributed by atoms with Crippen molar-refractivity contribution < 1.29 is 9.31 Å². The van der Waals surface area contributed by atoms with Gasteiger partial charge in [-0.25, -0.2) is 0 Å². The fraction of sp³-hybridized carbons (Fsp3) is 0.529. The molecule has 21 heavy (non-hydrogen) atoms. The molecule has 0 spiro atoms. The third-order valence-corrected chi connectivity index (χ3v) is 4.82. The minimum Gasteiger partial charge on any atom is -0.400 e. The van der Waals surface area contributed by atoms with Crippen LogP contribution in [-0.4, -0.2) is 24.9 Å². The van der Waals surface area contributed by atoms with E-state index in [4.69, 9.17) is 9.31 Å². The Morgan fingerprint density at radius 2 is 1.76 bits per heavy atom. The van der Waals surface area contributed by atoms with Gasteiger partial charge >= 0.3 is 7.12 Å². The van der Waals surface area contributed by atoms with E-state index in [-0.39, 0.29) is 18.3 Å². The molecule has 1 aromatic rings. The normalized spacial score (nSPS) is 25.3. The lowest BCUT2D eigenvalue weighted by Gasteiger charge is -2.32. The lowest BCUT2D eigenvalue weighted by molar-refractivity contribution is 0.00578. The van der Waals surface area contributed by atoms with E-state index in [1.165, 1.54) is 16.8 Å². The van der Waals surface area contributed by atoms with E-state index in [2.05, 4.69) is 63.3 Å². The summed E-state index contributed by atoms with van der Waals surface area (Å²) >= 11 is 0. The van der Waals surface area contributed by atoms with Crippen molar-refractivity contribution in [3.05, 3.63) is 35.8 Å². The van der Waals surface area contributed by atoms with E-state index in [9.17, 15) is 0 Å². The Labute approximate surface area is 127 Å². The Balaban J connectivity index is 1.91. The summed E-state index contributed by atoms with van der Waals surface area (Å²) in [5.74, 6) is 2.16. The lowest BCUT2D eigenvalue weighted by atomic mass is 9.83.